The largest absolute Gasteiger partial charge is 0.457 e. The third-order valence-corrected chi connectivity index (χ3v) is 3.20. The number of nitrogens with two attached hydrogens (primary N) is 1. The summed E-state index contributed by atoms with van der Waals surface area (Å²) >= 11 is 0. The van der Waals surface area contributed by atoms with Gasteiger partial charge < -0.3 is 20.7 Å². The van der Waals surface area contributed by atoms with Crippen molar-refractivity contribution in [2.75, 3.05) is 0 Å². The minimum Gasteiger partial charge on any atom is -0.457 e. The molecule has 6 heteroatoms. The van der Waals surface area contributed by atoms with Crippen LogP contribution in [0.2, 0.25) is 0 Å². The van der Waals surface area contributed by atoms with Gasteiger partial charge >= 0.3 is 5.97 Å². The Bertz CT molecular complexity index is 442. The lowest BCUT2D eigenvalue weighted by molar-refractivity contribution is -0.182. The number of ether oxygens (including phenoxy) is 1. The SMILES string of the molecule is NC1CC(=O)OC(C(O)C(F)c2ccccc2)C1O. The molecule has 0 amide bonds. The van der Waals surface area contributed by atoms with Gasteiger partial charge in [0.25, 0.3) is 0 Å². The average Bonchev–Trinajstić information content (AvgIpc) is 2.42. The van der Waals surface area contributed by atoms with Crippen LogP contribution in [-0.2, 0) is 9.53 Å². The van der Waals surface area contributed by atoms with E-state index in [0.717, 1.165) is 0 Å². The van der Waals surface area contributed by atoms with E-state index in [1.165, 1.54) is 12.1 Å². The van der Waals surface area contributed by atoms with Gasteiger partial charge in [0.2, 0.25) is 0 Å². The van der Waals surface area contributed by atoms with Crippen molar-refractivity contribution in [3.8, 4) is 0 Å². The lowest BCUT2D eigenvalue weighted by Crippen LogP contribution is -2.56. The summed E-state index contributed by atoms with van der Waals surface area (Å²) < 4.78 is 19.0. The fraction of sp³-hybridized carbons (Fsp3) is 0.462. The highest BCUT2D eigenvalue weighted by atomic mass is 19.1. The average molecular weight is 269 g/mol. The maximum Gasteiger partial charge on any atom is 0.307 e. The molecule has 1 aliphatic heterocycles. The van der Waals surface area contributed by atoms with Crippen molar-refractivity contribution < 1.29 is 24.1 Å². The van der Waals surface area contributed by atoms with E-state index in [1.54, 1.807) is 18.2 Å². The Morgan fingerprint density at radius 2 is 2.00 bits per heavy atom. The summed E-state index contributed by atoms with van der Waals surface area (Å²) in [5.41, 5.74) is 5.80. The Labute approximate surface area is 109 Å². The van der Waals surface area contributed by atoms with Gasteiger partial charge in [0.1, 0.15) is 12.2 Å². The number of hydrogen-bond acceptors (Lipinski definition) is 5. The lowest BCUT2D eigenvalue weighted by Gasteiger charge is -2.35. The smallest absolute Gasteiger partial charge is 0.307 e. The fourth-order valence-electron chi connectivity index (χ4n) is 2.10. The molecule has 1 fully saturated rings. The van der Waals surface area contributed by atoms with Crippen LogP contribution >= 0.6 is 0 Å². The zero-order valence-electron chi connectivity index (χ0n) is 10.1. The molecule has 0 spiro atoms. The van der Waals surface area contributed by atoms with Crippen LogP contribution in [0, 0.1) is 0 Å². The summed E-state index contributed by atoms with van der Waals surface area (Å²) in [6.45, 7) is 0. The predicted molar refractivity (Wildman–Crippen MR) is 64.8 cm³/mol. The Morgan fingerprint density at radius 3 is 2.63 bits per heavy atom. The van der Waals surface area contributed by atoms with E-state index in [2.05, 4.69) is 0 Å². The number of carbonyl (C=O) groups excluding carboxylic acids is 1. The molecule has 5 atom stereocenters. The molecular formula is C13H16FNO4. The maximum absolute atomic E-state index is 14.1. The Hall–Kier alpha value is -1.50. The van der Waals surface area contributed by atoms with E-state index < -0.39 is 36.5 Å². The van der Waals surface area contributed by atoms with Gasteiger partial charge in [-0.2, -0.15) is 0 Å². The molecule has 1 aromatic rings. The summed E-state index contributed by atoms with van der Waals surface area (Å²) in [6, 6.07) is 7.13. The molecule has 1 heterocycles. The third-order valence-electron chi connectivity index (χ3n) is 3.20. The molecule has 5 unspecified atom stereocenters. The van der Waals surface area contributed by atoms with E-state index in [-0.39, 0.29) is 12.0 Å². The van der Waals surface area contributed by atoms with Crippen LogP contribution in [0.3, 0.4) is 0 Å². The highest BCUT2D eigenvalue weighted by Crippen LogP contribution is 2.28. The van der Waals surface area contributed by atoms with Crippen LogP contribution in [-0.4, -0.2) is 40.5 Å². The first-order valence-corrected chi connectivity index (χ1v) is 6.01. The van der Waals surface area contributed by atoms with Gasteiger partial charge in [-0.15, -0.1) is 0 Å². The molecule has 0 radical (unpaired) electrons. The lowest BCUT2D eigenvalue weighted by atomic mass is 9.92. The highest BCUT2D eigenvalue weighted by molar-refractivity contribution is 5.71. The summed E-state index contributed by atoms with van der Waals surface area (Å²) in [7, 11) is 0. The molecule has 0 bridgehead atoms. The number of carbonyl (C=O) groups is 1. The van der Waals surface area contributed by atoms with E-state index >= 15 is 0 Å². The normalized spacial score (nSPS) is 30.5. The number of hydrogen-bond donors (Lipinski definition) is 3. The van der Waals surface area contributed by atoms with Gasteiger partial charge in [0.05, 0.1) is 6.42 Å². The standard InChI is InChI=1S/C13H16FNO4/c14-10(7-4-2-1-3-5-7)12(18)13-11(17)8(15)6-9(16)19-13/h1-5,8,10-13,17-18H,6,15H2. The second-order valence-corrected chi connectivity index (χ2v) is 4.62. The van der Waals surface area contributed by atoms with Crippen LogP contribution in [0.1, 0.15) is 18.2 Å². The van der Waals surface area contributed by atoms with Crippen LogP contribution in [0.4, 0.5) is 4.39 Å². The molecule has 0 aromatic heterocycles. The van der Waals surface area contributed by atoms with Crippen molar-refractivity contribution in [1.82, 2.24) is 0 Å². The van der Waals surface area contributed by atoms with Gasteiger partial charge in [-0.25, -0.2) is 4.39 Å². The molecule has 1 aromatic carbocycles. The van der Waals surface area contributed by atoms with E-state index in [9.17, 15) is 19.4 Å². The van der Waals surface area contributed by atoms with Crippen molar-refractivity contribution in [2.24, 2.45) is 5.73 Å². The van der Waals surface area contributed by atoms with Gasteiger partial charge in [-0.1, -0.05) is 30.3 Å². The zero-order chi connectivity index (χ0) is 14.0. The molecule has 0 saturated carbocycles. The monoisotopic (exact) mass is 269 g/mol. The summed E-state index contributed by atoms with van der Waals surface area (Å²) in [5, 5.41) is 19.7. The molecule has 104 valence electrons. The number of alkyl halides is 1. The topological polar surface area (TPSA) is 92.8 Å². The number of aliphatic hydroxyl groups excluding tert-OH is 2. The van der Waals surface area contributed by atoms with Crippen LogP contribution in [0.25, 0.3) is 0 Å². The number of benzene rings is 1. The second-order valence-electron chi connectivity index (χ2n) is 4.62. The first kappa shape index (κ1) is 13.9. The maximum atomic E-state index is 14.1. The second kappa shape index (κ2) is 5.64. The minimum absolute atomic E-state index is 0.146. The van der Waals surface area contributed by atoms with Gasteiger partial charge in [-0.05, 0) is 5.56 Å². The van der Waals surface area contributed by atoms with Crippen LogP contribution in [0.5, 0.6) is 0 Å². The zero-order valence-corrected chi connectivity index (χ0v) is 10.1. The highest BCUT2D eigenvalue weighted by Gasteiger charge is 2.43. The minimum atomic E-state index is -1.76. The molecule has 1 aliphatic rings. The summed E-state index contributed by atoms with van der Waals surface area (Å²) in [6.07, 6.45) is -6.21. The predicted octanol–water partition coefficient (Wildman–Crippen LogP) is 0.0618. The van der Waals surface area contributed by atoms with Crippen LogP contribution in [0.15, 0.2) is 30.3 Å². The molecule has 0 aliphatic carbocycles. The number of rotatable bonds is 3. The van der Waals surface area contributed by atoms with Crippen molar-refractivity contribution in [2.45, 2.75) is 36.9 Å². The molecule has 19 heavy (non-hydrogen) atoms. The van der Waals surface area contributed by atoms with E-state index in [1.807, 2.05) is 0 Å². The molecular weight excluding hydrogens is 253 g/mol. The number of esters is 1. The first-order chi connectivity index (χ1) is 9.00. The number of aliphatic hydroxyl groups is 2. The Morgan fingerprint density at radius 1 is 1.37 bits per heavy atom. The fourth-order valence-corrected chi connectivity index (χ4v) is 2.10. The quantitative estimate of drug-likeness (QED) is 0.675. The van der Waals surface area contributed by atoms with Crippen molar-refractivity contribution in [3.05, 3.63) is 35.9 Å². The Kier molecular flexibility index (Phi) is 4.14. The van der Waals surface area contributed by atoms with Crippen molar-refractivity contribution in [3.63, 3.8) is 0 Å². The van der Waals surface area contributed by atoms with Crippen molar-refractivity contribution >= 4 is 5.97 Å². The molecule has 1 saturated heterocycles. The first-order valence-electron chi connectivity index (χ1n) is 6.01. The Balaban J connectivity index is 2.14. The molecule has 2 rings (SSSR count). The van der Waals surface area contributed by atoms with Crippen molar-refractivity contribution in [1.29, 1.82) is 0 Å². The van der Waals surface area contributed by atoms with Crippen LogP contribution < -0.4 is 5.73 Å². The van der Waals surface area contributed by atoms with Gasteiger partial charge in [-0.3, -0.25) is 4.79 Å². The number of cyclic esters (lactones) is 1. The van der Waals surface area contributed by atoms with Gasteiger partial charge in [0.15, 0.2) is 12.3 Å². The molecule has 5 nitrogen and oxygen atoms in total. The van der Waals surface area contributed by atoms with E-state index in [4.69, 9.17) is 10.5 Å². The summed E-state index contributed by atoms with van der Waals surface area (Å²) in [4.78, 5) is 11.2. The molecule has 4 N–H and O–H groups in total. The number of halogens is 1. The summed E-state index contributed by atoms with van der Waals surface area (Å²) in [5.74, 6) is -0.651. The van der Waals surface area contributed by atoms with E-state index in [0.29, 0.717) is 0 Å². The van der Waals surface area contributed by atoms with Gasteiger partial charge in [0, 0.05) is 6.04 Å². The third kappa shape index (κ3) is 2.91.